The van der Waals surface area contributed by atoms with Crippen molar-refractivity contribution in [3.63, 3.8) is 0 Å². The molecule has 1 aliphatic rings. The lowest BCUT2D eigenvalue weighted by Crippen LogP contribution is -2.27. The fourth-order valence-corrected chi connectivity index (χ4v) is 5.80. The van der Waals surface area contributed by atoms with E-state index in [1.165, 1.54) is 42.5 Å². The highest BCUT2D eigenvalue weighted by atomic mass is 35.5. The maximum atomic E-state index is 13.5. The summed E-state index contributed by atoms with van der Waals surface area (Å²) in [7, 11) is -4.08. The molecule has 0 unspecified atom stereocenters. The minimum Gasteiger partial charge on any atom is -0.481 e. The van der Waals surface area contributed by atoms with Gasteiger partial charge in [-0.05, 0) is 42.0 Å². The predicted molar refractivity (Wildman–Crippen MR) is 88.7 cm³/mol. The van der Waals surface area contributed by atoms with Crippen LogP contribution in [0.3, 0.4) is 0 Å². The van der Waals surface area contributed by atoms with Crippen LogP contribution in [0.1, 0.15) is 11.5 Å². The maximum absolute atomic E-state index is 13.5. The van der Waals surface area contributed by atoms with Crippen molar-refractivity contribution in [3.8, 4) is 0 Å². The van der Waals surface area contributed by atoms with Crippen LogP contribution in [-0.2, 0) is 14.6 Å². The summed E-state index contributed by atoms with van der Waals surface area (Å²) in [5, 5.41) is 18.2. The number of benzene rings is 2. The smallest absolute Gasteiger partial charge is 0.314 e. The van der Waals surface area contributed by atoms with Crippen molar-refractivity contribution in [3.05, 3.63) is 64.9 Å². The number of aliphatic carboxylic acids is 1. The van der Waals surface area contributed by atoms with E-state index in [1.54, 1.807) is 0 Å². The molecule has 0 radical (unpaired) electrons. The van der Waals surface area contributed by atoms with Gasteiger partial charge in [0.25, 0.3) is 0 Å². The van der Waals surface area contributed by atoms with Crippen molar-refractivity contribution in [2.75, 3.05) is 6.61 Å². The van der Waals surface area contributed by atoms with E-state index >= 15 is 0 Å². The molecule has 0 amide bonds. The van der Waals surface area contributed by atoms with Gasteiger partial charge in [0.1, 0.15) is 11.2 Å². The lowest BCUT2D eigenvalue weighted by Gasteiger charge is -2.09. The average molecular weight is 385 g/mol. The first kappa shape index (κ1) is 17.8. The molecule has 0 aliphatic heterocycles. The third-order valence-corrected chi connectivity index (χ3v) is 7.14. The molecule has 1 fully saturated rings. The fourth-order valence-electron chi connectivity index (χ4n) is 3.31. The molecule has 2 N–H and O–H groups in total. The van der Waals surface area contributed by atoms with Gasteiger partial charge in [-0.25, -0.2) is 12.8 Å². The van der Waals surface area contributed by atoms with Crippen LogP contribution in [0.2, 0.25) is 5.02 Å². The van der Waals surface area contributed by atoms with Crippen molar-refractivity contribution in [2.45, 2.75) is 16.1 Å². The molecule has 1 aliphatic carbocycles. The van der Waals surface area contributed by atoms with Gasteiger partial charge in [0, 0.05) is 10.9 Å². The molecular weight excluding hydrogens is 371 g/mol. The molecule has 5 nitrogen and oxygen atoms in total. The third kappa shape index (κ3) is 2.72. The SMILES string of the molecule is O=C(O)[C@@]1(CO)[C@@H](c2cccc(F)c2)[C@@H]1S(=O)(=O)c1ccc(Cl)cc1. The number of hydrogen-bond acceptors (Lipinski definition) is 4. The number of carboxylic acids is 1. The minimum absolute atomic E-state index is 0.0973. The molecule has 0 heterocycles. The van der Waals surface area contributed by atoms with Crippen molar-refractivity contribution < 1.29 is 27.8 Å². The molecule has 2 aromatic rings. The topological polar surface area (TPSA) is 91.7 Å². The Morgan fingerprint density at radius 2 is 1.84 bits per heavy atom. The summed E-state index contributed by atoms with van der Waals surface area (Å²) in [5.74, 6) is -3.09. The summed E-state index contributed by atoms with van der Waals surface area (Å²) >= 11 is 5.76. The van der Waals surface area contributed by atoms with Crippen molar-refractivity contribution in [1.29, 1.82) is 0 Å². The second-order valence-electron chi connectivity index (χ2n) is 5.96. The summed E-state index contributed by atoms with van der Waals surface area (Å²) in [4.78, 5) is 11.7. The monoisotopic (exact) mass is 384 g/mol. The second kappa shape index (κ2) is 6.09. The van der Waals surface area contributed by atoms with Gasteiger partial charge in [-0.1, -0.05) is 23.7 Å². The quantitative estimate of drug-likeness (QED) is 0.826. The molecule has 8 heteroatoms. The maximum Gasteiger partial charge on any atom is 0.314 e. The van der Waals surface area contributed by atoms with E-state index in [4.69, 9.17) is 11.6 Å². The number of carbonyl (C=O) groups is 1. The standard InChI is InChI=1S/C17H14ClFO5S/c18-11-4-6-13(7-5-11)25(23,24)15-14(17(15,9-20)16(21)22)10-2-1-3-12(19)8-10/h1-8,14-15,20H,9H2,(H,21,22)/t14-,15-,17-/m0/s1. The van der Waals surface area contributed by atoms with Crippen LogP contribution >= 0.6 is 11.6 Å². The van der Waals surface area contributed by atoms with Gasteiger partial charge in [-0.15, -0.1) is 0 Å². The summed E-state index contributed by atoms with van der Waals surface area (Å²) in [6.07, 6.45) is 0. The van der Waals surface area contributed by atoms with E-state index in [9.17, 15) is 27.8 Å². The molecule has 2 aromatic carbocycles. The number of rotatable bonds is 5. The second-order valence-corrected chi connectivity index (χ2v) is 8.46. The average Bonchev–Trinajstić information content (AvgIpc) is 3.27. The van der Waals surface area contributed by atoms with Gasteiger partial charge in [0.15, 0.2) is 9.84 Å². The van der Waals surface area contributed by atoms with Gasteiger partial charge >= 0.3 is 5.97 Å². The first-order valence-corrected chi connectivity index (χ1v) is 9.27. The Morgan fingerprint density at radius 1 is 1.20 bits per heavy atom. The van der Waals surface area contributed by atoms with E-state index < -0.39 is 44.8 Å². The van der Waals surface area contributed by atoms with Crippen LogP contribution in [0.4, 0.5) is 4.39 Å². The van der Waals surface area contributed by atoms with Crippen LogP contribution in [0.15, 0.2) is 53.4 Å². The Morgan fingerprint density at radius 3 is 2.36 bits per heavy atom. The number of aliphatic hydroxyl groups excluding tert-OH is 1. The Labute approximate surface area is 148 Å². The molecule has 0 aromatic heterocycles. The molecule has 1 saturated carbocycles. The zero-order valence-electron chi connectivity index (χ0n) is 12.8. The molecule has 0 saturated heterocycles. The van der Waals surface area contributed by atoms with Crippen molar-refractivity contribution >= 4 is 27.4 Å². The van der Waals surface area contributed by atoms with Gasteiger partial charge in [0.05, 0.1) is 16.8 Å². The molecule has 3 atom stereocenters. The molecule has 0 bridgehead atoms. The van der Waals surface area contributed by atoms with Gasteiger partial charge in [-0.3, -0.25) is 4.79 Å². The fraction of sp³-hybridized carbons (Fsp3) is 0.235. The number of carboxylic acid groups (broad SMARTS) is 1. The predicted octanol–water partition coefficient (Wildman–Crippen LogP) is 2.48. The minimum atomic E-state index is -4.08. The molecular formula is C17H14ClFO5S. The Kier molecular flexibility index (Phi) is 4.35. The zero-order chi connectivity index (χ0) is 18.4. The van der Waals surface area contributed by atoms with Crippen LogP contribution < -0.4 is 0 Å². The van der Waals surface area contributed by atoms with Gasteiger partial charge < -0.3 is 10.2 Å². The summed E-state index contributed by atoms with van der Waals surface area (Å²) < 4.78 is 39.4. The van der Waals surface area contributed by atoms with Crippen molar-refractivity contribution in [2.24, 2.45) is 5.41 Å². The van der Waals surface area contributed by atoms with E-state index in [2.05, 4.69) is 0 Å². The zero-order valence-corrected chi connectivity index (χ0v) is 14.3. The Balaban J connectivity index is 2.12. The Bertz CT molecular complexity index is 928. The van der Waals surface area contributed by atoms with Crippen LogP contribution in [0.25, 0.3) is 0 Å². The van der Waals surface area contributed by atoms with Crippen LogP contribution in [0, 0.1) is 11.2 Å². The highest BCUT2D eigenvalue weighted by molar-refractivity contribution is 7.92. The molecule has 3 rings (SSSR count). The highest BCUT2D eigenvalue weighted by Gasteiger charge is 2.75. The normalized spacial score (nSPS) is 25.6. The largest absolute Gasteiger partial charge is 0.481 e. The van der Waals surface area contributed by atoms with Gasteiger partial charge in [-0.2, -0.15) is 0 Å². The lowest BCUT2D eigenvalue weighted by atomic mass is 10.00. The van der Waals surface area contributed by atoms with Crippen molar-refractivity contribution in [1.82, 2.24) is 0 Å². The van der Waals surface area contributed by atoms with Gasteiger partial charge in [0.2, 0.25) is 0 Å². The van der Waals surface area contributed by atoms with E-state index in [1.807, 2.05) is 0 Å². The number of halogens is 2. The van der Waals surface area contributed by atoms with Crippen LogP contribution in [0.5, 0.6) is 0 Å². The molecule has 25 heavy (non-hydrogen) atoms. The Hall–Kier alpha value is -1.96. The number of sulfone groups is 1. The molecule has 132 valence electrons. The summed E-state index contributed by atoms with van der Waals surface area (Å²) in [6.45, 7) is -0.874. The first-order valence-electron chi connectivity index (χ1n) is 7.34. The van der Waals surface area contributed by atoms with E-state index in [0.29, 0.717) is 5.02 Å². The number of aliphatic hydroxyl groups is 1. The highest BCUT2D eigenvalue weighted by Crippen LogP contribution is 2.64. The lowest BCUT2D eigenvalue weighted by molar-refractivity contribution is -0.145. The summed E-state index contributed by atoms with van der Waals surface area (Å²) in [5.41, 5.74) is -1.69. The van der Waals surface area contributed by atoms with E-state index in [0.717, 1.165) is 6.07 Å². The van der Waals surface area contributed by atoms with Crippen LogP contribution in [-0.4, -0.2) is 36.5 Å². The third-order valence-electron chi connectivity index (χ3n) is 4.60. The van der Waals surface area contributed by atoms with E-state index in [-0.39, 0.29) is 10.5 Å². The first-order chi connectivity index (χ1) is 11.7. The molecule has 0 spiro atoms. The summed E-state index contributed by atoms with van der Waals surface area (Å²) in [6, 6.07) is 10.4. The number of hydrogen-bond donors (Lipinski definition) is 2.